The molecular formula is C10H16O2S. The number of hydrogen-bond donors (Lipinski definition) is 0. The molecule has 0 aromatic carbocycles. The Balaban J connectivity index is 1.95. The zero-order chi connectivity index (χ0) is 9.26. The van der Waals surface area contributed by atoms with Crippen molar-refractivity contribution in [1.82, 2.24) is 0 Å². The first-order valence-corrected chi connectivity index (χ1v) is 6.17. The van der Waals surface area contributed by atoms with Gasteiger partial charge in [0.05, 0.1) is 0 Å². The molecule has 0 aromatic rings. The van der Waals surface area contributed by atoms with E-state index in [1.165, 1.54) is 0 Å². The van der Waals surface area contributed by atoms with Crippen LogP contribution in [0.2, 0.25) is 0 Å². The highest BCUT2D eigenvalue weighted by molar-refractivity contribution is 7.99. The minimum Gasteiger partial charge on any atom is -0.370 e. The maximum atomic E-state index is 11.9. The van der Waals surface area contributed by atoms with Crippen LogP contribution in [-0.4, -0.2) is 30.0 Å². The highest BCUT2D eigenvalue weighted by Gasteiger charge is 2.36. The van der Waals surface area contributed by atoms with Crippen molar-refractivity contribution >= 4 is 17.5 Å². The molecule has 2 aliphatic rings. The normalized spacial score (nSPS) is 39.6. The van der Waals surface area contributed by atoms with Crippen LogP contribution < -0.4 is 0 Å². The van der Waals surface area contributed by atoms with E-state index in [-0.39, 0.29) is 12.0 Å². The molecule has 2 rings (SSSR count). The first-order chi connectivity index (χ1) is 6.29. The number of hydrogen-bond acceptors (Lipinski definition) is 3. The smallest absolute Gasteiger partial charge is 0.165 e. The number of Topliss-reactive ketones (excluding diaryl/α,β-unsaturated/α-hetero) is 1. The maximum absolute atomic E-state index is 11.9. The van der Waals surface area contributed by atoms with Crippen molar-refractivity contribution in [3.05, 3.63) is 0 Å². The third-order valence-electron chi connectivity index (χ3n) is 3.00. The van der Waals surface area contributed by atoms with E-state index in [0.717, 1.165) is 31.0 Å². The molecule has 0 saturated carbocycles. The number of thioether (sulfide) groups is 1. The van der Waals surface area contributed by atoms with Crippen LogP contribution in [0.5, 0.6) is 0 Å². The summed E-state index contributed by atoms with van der Waals surface area (Å²) in [7, 11) is 0. The number of carbonyl (C=O) groups is 1. The Hall–Kier alpha value is -0.0200. The van der Waals surface area contributed by atoms with Gasteiger partial charge in [-0.2, -0.15) is 11.8 Å². The van der Waals surface area contributed by atoms with Crippen LogP contribution in [0.1, 0.15) is 19.8 Å². The number of rotatable bonds is 2. The zero-order valence-electron chi connectivity index (χ0n) is 7.99. The quantitative estimate of drug-likeness (QED) is 0.679. The summed E-state index contributed by atoms with van der Waals surface area (Å²) in [5, 5.41) is 0. The van der Waals surface area contributed by atoms with Crippen molar-refractivity contribution in [2.75, 3.05) is 18.1 Å². The predicted molar refractivity (Wildman–Crippen MR) is 54.0 cm³/mol. The molecule has 2 aliphatic heterocycles. The van der Waals surface area contributed by atoms with Gasteiger partial charge in [0, 0.05) is 18.3 Å². The van der Waals surface area contributed by atoms with Crippen LogP contribution in [0.3, 0.4) is 0 Å². The third kappa shape index (κ3) is 1.91. The van der Waals surface area contributed by atoms with E-state index in [9.17, 15) is 4.79 Å². The van der Waals surface area contributed by atoms with Crippen molar-refractivity contribution < 1.29 is 9.53 Å². The van der Waals surface area contributed by atoms with Gasteiger partial charge in [-0.3, -0.25) is 4.79 Å². The summed E-state index contributed by atoms with van der Waals surface area (Å²) in [4.78, 5) is 11.9. The minimum absolute atomic E-state index is 0.0799. The van der Waals surface area contributed by atoms with Crippen molar-refractivity contribution in [1.29, 1.82) is 0 Å². The van der Waals surface area contributed by atoms with Gasteiger partial charge in [0.2, 0.25) is 0 Å². The summed E-state index contributed by atoms with van der Waals surface area (Å²) in [6.07, 6.45) is 2.04. The molecule has 0 aliphatic carbocycles. The lowest BCUT2D eigenvalue weighted by molar-refractivity contribution is -0.132. The number of ketones is 1. The maximum Gasteiger partial charge on any atom is 0.165 e. The van der Waals surface area contributed by atoms with Gasteiger partial charge in [0.15, 0.2) is 5.78 Å². The number of carbonyl (C=O) groups excluding carboxylic acids is 1. The average Bonchev–Trinajstić information content (AvgIpc) is 2.72. The first-order valence-electron chi connectivity index (χ1n) is 5.02. The predicted octanol–water partition coefficient (Wildman–Crippen LogP) is 1.73. The Morgan fingerprint density at radius 2 is 2.31 bits per heavy atom. The highest BCUT2D eigenvalue weighted by atomic mass is 32.2. The molecule has 2 saturated heterocycles. The molecule has 0 N–H and O–H groups in total. The molecule has 0 spiro atoms. The second-order valence-electron chi connectivity index (χ2n) is 4.02. The molecule has 0 amide bonds. The topological polar surface area (TPSA) is 26.3 Å². The van der Waals surface area contributed by atoms with E-state index in [1.54, 1.807) is 0 Å². The lowest BCUT2D eigenvalue weighted by atomic mass is 9.92. The molecule has 3 unspecified atom stereocenters. The van der Waals surface area contributed by atoms with Crippen LogP contribution >= 0.6 is 11.8 Å². The molecule has 74 valence electrons. The summed E-state index contributed by atoms with van der Waals surface area (Å²) in [6.45, 7) is 2.90. The van der Waals surface area contributed by atoms with Crippen molar-refractivity contribution in [3.63, 3.8) is 0 Å². The van der Waals surface area contributed by atoms with Gasteiger partial charge < -0.3 is 4.74 Å². The molecule has 13 heavy (non-hydrogen) atoms. The van der Waals surface area contributed by atoms with Crippen LogP contribution in [0.4, 0.5) is 0 Å². The molecule has 0 aromatic heterocycles. The Labute approximate surface area is 83.4 Å². The van der Waals surface area contributed by atoms with E-state index < -0.39 is 0 Å². The Bertz CT molecular complexity index is 199. The summed E-state index contributed by atoms with van der Waals surface area (Å²) in [6, 6.07) is 0. The third-order valence-corrected chi connectivity index (χ3v) is 4.16. The van der Waals surface area contributed by atoms with Gasteiger partial charge in [-0.25, -0.2) is 0 Å². The molecule has 2 nitrogen and oxygen atoms in total. The Kier molecular flexibility index (Phi) is 2.94. The fraction of sp³-hybridized carbons (Fsp3) is 0.900. The van der Waals surface area contributed by atoms with Gasteiger partial charge in [0.1, 0.15) is 6.10 Å². The fourth-order valence-electron chi connectivity index (χ4n) is 2.05. The molecule has 0 radical (unpaired) electrons. The van der Waals surface area contributed by atoms with Gasteiger partial charge in [-0.15, -0.1) is 0 Å². The first kappa shape index (κ1) is 9.53. The van der Waals surface area contributed by atoms with Crippen LogP contribution in [0, 0.1) is 11.8 Å². The lowest BCUT2D eigenvalue weighted by Crippen LogP contribution is -2.31. The van der Waals surface area contributed by atoms with E-state index in [2.05, 4.69) is 6.92 Å². The average molecular weight is 200 g/mol. The van der Waals surface area contributed by atoms with E-state index in [0.29, 0.717) is 11.7 Å². The largest absolute Gasteiger partial charge is 0.370 e. The van der Waals surface area contributed by atoms with Crippen molar-refractivity contribution in [2.45, 2.75) is 25.9 Å². The summed E-state index contributed by atoms with van der Waals surface area (Å²) in [5.74, 6) is 3.27. The van der Waals surface area contributed by atoms with Crippen molar-refractivity contribution in [3.8, 4) is 0 Å². The highest BCUT2D eigenvalue weighted by Crippen LogP contribution is 2.30. The summed E-state index contributed by atoms with van der Waals surface area (Å²) >= 11 is 1.89. The molecule has 0 bridgehead atoms. The van der Waals surface area contributed by atoms with Crippen LogP contribution in [0.15, 0.2) is 0 Å². The molecular weight excluding hydrogens is 184 g/mol. The molecule has 2 heterocycles. The second-order valence-corrected chi connectivity index (χ2v) is 5.17. The summed E-state index contributed by atoms with van der Waals surface area (Å²) < 4.78 is 5.48. The van der Waals surface area contributed by atoms with Crippen LogP contribution in [0.25, 0.3) is 0 Å². The summed E-state index contributed by atoms with van der Waals surface area (Å²) in [5.41, 5.74) is 0. The lowest BCUT2D eigenvalue weighted by Gasteiger charge is -2.16. The SMILES string of the molecule is CC1CCOC1C(=O)C1CCSC1. The van der Waals surface area contributed by atoms with Gasteiger partial charge in [-0.1, -0.05) is 6.92 Å². The van der Waals surface area contributed by atoms with E-state index >= 15 is 0 Å². The zero-order valence-corrected chi connectivity index (χ0v) is 8.81. The standard InChI is InChI=1S/C10H16O2S/c1-7-2-4-12-10(7)9(11)8-3-5-13-6-8/h7-8,10H,2-6H2,1H3. The fourth-order valence-corrected chi connectivity index (χ4v) is 3.28. The number of ether oxygens (including phenoxy) is 1. The molecule has 3 atom stereocenters. The Morgan fingerprint density at radius 1 is 1.46 bits per heavy atom. The van der Waals surface area contributed by atoms with Crippen molar-refractivity contribution in [2.24, 2.45) is 11.8 Å². The van der Waals surface area contributed by atoms with E-state index in [1.807, 2.05) is 11.8 Å². The van der Waals surface area contributed by atoms with E-state index in [4.69, 9.17) is 4.74 Å². The molecule has 2 fully saturated rings. The molecule has 3 heteroatoms. The van der Waals surface area contributed by atoms with Gasteiger partial charge in [0.25, 0.3) is 0 Å². The monoisotopic (exact) mass is 200 g/mol. The second kappa shape index (κ2) is 4.01. The minimum atomic E-state index is -0.0799. The Morgan fingerprint density at radius 3 is 2.85 bits per heavy atom. The van der Waals surface area contributed by atoms with Gasteiger partial charge >= 0.3 is 0 Å². The van der Waals surface area contributed by atoms with Crippen LogP contribution in [-0.2, 0) is 9.53 Å². The van der Waals surface area contributed by atoms with Gasteiger partial charge in [-0.05, 0) is 24.5 Å².